The second-order valence-electron chi connectivity index (χ2n) is 6.58. The molecule has 1 N–H and O–H groups in total. The fraction of sp³-hybridized carbons (Fsp3) is 0.400. The van der Waals surface area contributed by atoms with Gasteiger partial charge >= 0.3 is 0 Å². The van der Waals surface area contributed by atoms with Crippen molar-refractivity contribution in [1.82, 2.24) is 10.2 Å². The lowest BCUT2D eigenvalue weighted by atomic mass is 9.96. The van der Waals surface area contributed by atoms with Gasteiger partial charge in [-0.2, -0.15) is 0 Å². The summed E-state index contributed by atoms with van der Waals surface area (Å²) in [6.45, 7) is 2.07. The Morgan fingerprint density at radius 2 is 2.08 bits per heavy atom. The van der Waals surface area contributed by atoms with E-state index in [0.29, 0.717) is 37.5 Å². The molecule has 1 aliphatic rings. The van der Waals surface area contributed by atoms with E-state index < -0.39 is 0 Å². The zero-order chi connectivity index (χ0) is 18.4. The number of hydrogen-bond acceptors (Lipinski definition) is 4. The van der Waals surface area contributed by atoms with E-state index in [2.05, 4.69) is 5.32 Å². The zero-order valence-corrected chi connectivity index (χ0v) is 14.9. The van der Waals surface area contributed by atoms with E-state index in [1.165, 1.54) is 12.5 Å². The molecule has 2 amide bonds. The predicted molar refractivity (Wildman–Crippen MR) is 97.0 cm³/mol. The number of nitrogens with zero attached hydrogens (tertiary/aromatic N) is 1. The van der Waals surface area contributed by atoms with Crippen LogP contribution < -0.4 is 10.1 Å². The monoisotopic (exact) mass is 356 g/mol. The minimum absolute atomic E-state index is 0.00940. The second-order valence-corrected chi connectivity index (χ2v) is 6.58. The third-order valence-corrected chi connectivity index (χ3v) is 4.76. The van der Waals surface area contributed by atoms with Gasteiger partial charge in [0.15, 0.2) is 0 Å². The van der Waals surface area contributed by atoms with E-state index in [4.69, 9.17) is 9.15 Å². The van der Waals surface area contributed by atoms with Crippen LogP contribution in [0.5, 0.6) is 5.75 Å². The number of nitrogens with one attached hydrogen (secondary N) is 1. The maximum absolute atomic E-state index is 12.3. The maximum atomic E-state index is 12.3. The lowest BCUT2D eigenvalue weighted by molar-refractivity contribution is -0.120. The van der Waals surface area contributed by atoms with E-state index in [0.717, 1.165) is 24.2 Å². The Bertz CT molecular complexity index is 734. The van der Waals surface area contributed by atoms with E-state index in [-0.39, 0.29) is 11.8 Å². The van der Waals surface area contributed by atoms with Gasteiger partial charge in [-0.3, -0.25) is 9.59 Å². The average Bonchev–Trinajstić information content (AvgIpc) is 3.21. The Morgan fingerprint density at radius 3 is 2.77 bits per heavy atom. The minimum atomic E-state index is 0.00940. The molecule has 0 bridgehead atoms. The summed E-state index contributed by atoms with van der Waals surface area (Å²) >= 11 is 0. The van der Waals surface area contributed by atoms with Gasteiger partial charge in [-0.1, -0.05) is 12.1 Å². The molecule has 26 heavy (non-hydrogen) atoms. The van der Waals surface area contributed by atoms with E-state index >= 15 is 0 Å². The zero-order valence-electron chi connectivity index (χ0n) is 14.9. The number of amides is 2. The maximum Gasteiger partial charge on any atom is 0.257 e. The first kappa shape index (κ1) is 18.0. The van der Waals surface area contributed by atoms with Gasteiger partial charge in [0.1, 0.15) is 12.0 Å². The third kappa shape index (κ3) is 4.65. The molecule has 138 valence electrons. The molecule has 6 nitrogen and oxygen atoms in total. The van der Waals surface area contributed by atoms with Crippen molar-refractivity contribution >= 4 is 11.8 Å². The van der Waals surface area contributed by atoms with Crippen molar-refractivity contribution in [2.45, 2.75) is 19.3 Å². The summed E-state index contributed by atoms with van der Waals surface area (Å²) in [7, 11) is 1.61. The predicted octanol–water partition coefficient (Wildman–Crippen LogP) is 2.50. The Hall–Kier alpha value is -2.76. The molecule has 2 heterocycles. The molecule has 0 aliphatic carbocycles. The second kappa shape index (κ2) is 8.56. The topological polar surface area (TPSA) is 71.8 Å². The highest BCUT2D eigenvalue weighted by Crippen LogP contribution is 2.19. The number of likely N-dealkylation sites (tertiary alicyclic amines) is 1. The summed E-state index contributed by atoms with van der Waals surface area (Å²) in [5.41, 5.74) is 1.53. The number of piperidine rings is 1. The van der Waals surface area contributed by atoms with Gasteiger partial charge in [0, 0.05) is 19.6 Å². The number of furan rings is 1. The summed E-state index contributed by atoms with van der Waals surface area (Å²) < 4.78 is 10.2. The first-order valence-corrected chi connectivity index (χ1v) is 8.87. The van der Waals surface area contributed by atoms with Gasteiger partial charge in [-0.25, -0.2) is 0 Å². The fourth-order valence-electron chi connectivity index (χ4n) is 3.20. The van der Waals surface area contributed by atoms with Crippen LogP contribution in [0, 0.1) is 5.92 Å². The van der Waals surface area contributed by atoms with E-state index in [9.17, 15) is 9.59 Å². The van der Waals surface area contributed by atoms with Crippen LogP contribution in [0.4, 0.5) is 0 Å². The van der Waals surface area contributed by atoms with E-state index in [1.54, 1.807) is 13.2 Å². The Kier molecular flexibility index (Phi) is 5.94. The quantitative estimate of drug-likeness (QED) is 0.863. The number of methoxy groups -OCH3 is 1. The first-order chi connectivity index (χ1) is 12.7. The Labute approximate surface area is 153 Å². The van der Waals surface area contributed by atoms with Gasteiger partial charge in [-0.05, 0) is 42.5 Å². The molecule has 0 atom stereocenters. The summed E-state index contributed by atoms with van der Waals surface area (Å²) in [6.07, 6.45) is 5.12. The normalized spacial score (nSPS) is 14.9. The summed E-state index contributed by atoms with van der Waals surface area (Å²) in [5.74, 6) is 1.18. The van der Waals surface area contributed by atoms with Crippen molar-refractivity contribution in [3.05, 3.63) is 54.0 Å². The minimum Gasteiger partial charge on any atom is -0.497 e. The molecule has 1 aliphatic heterocycles. The van der Waals surface area contributed by atoms with Crippen molar-refractivity contribution in [2.24, 2.45) is 5.92 Å². The van der Waals surface area contributed by atoms with Crippen LogP contribution in [0.3, 0.4) is 0 Å². The molecule has 6 heteroatoms. The third-order valence-electron chi connectivity index (χ3n) is 4.76. The molecule has 0 radical (unpaired) electrons. The Morgan fingerprint density at radius 1 is 1.27 bits per heavy atom. The molecule has 2 aromatic rings. The van der Waals surface area contributed by atoms with Gasteiger partial charge in [-0.15, -0.1) is 0 Å². The lowest BCUT2D eigenvalue weighted by Gasteiger charge is -2.31. The smallest absolute Gasteiger partial charge is 0.257 e. The molecule has 1 aromatic heterocycles. The van der Waals surface area contributed by atoms with Crippen LogP contribution in [0.15, 0.2) is 47.3 Å². The molecule has 0 unspecified atom stereocenters. The van der Waals surface area contributed by atoms with Crippen molar-refractivity contribution < 1.29 is 18.7 Å². The van der Waals surface area contributed by atoms with Crippen LogP contribution >= 0.6 is 0 Å². The molecule has 1 saturated heterocycles. The fourth-order valence-corrected chi connectivity index (χ4v) is 3.20. The molecule has 0 spiro atoms. The van der Waals surface area contributed by atoms with Crippen molar-refractivity contribution in [3.8, 4) is 5.75 Å². The number of carbonyl (C=O) groups excluding carboxylic acids is 2. The lowest BCUT2D eigenvalue weighted by Crippen LogP contribution is -2.41. The van der Waals surface area contributed by atoms with Crippen LogP contribution in [-0.2, 0) is 11.2 Å². The van der Waals surface area contributed by atoms with Gasteiger partial charge < -0.3 is 19.4 Å². The largest absolute Gasteiger partial charge is 0.497 e. The van der Waals surface area contributed by atoms with Crippen molar-refractivity contribution in [3.63, 3.8) is 0 Å². The standard InChI is InChI=1S/C20H24N2O4/c1-25-18-4-2-3-16(11-18)12-19(23)21-13-15-5-8-22(9-6-15)20(24)17-7-10-26-14-17/h2-4,7,10-11,14-15H,5-6,8-9,12-13H2,1H3,(H,21,23). The highest BCUT2D eigenvalue weighted by Gasteiger charge is 2.24. The number of benzene rings is 1. The number of carbonyl (C=O) groups is 2. The first-order valence-electron chi connectivity index (χ1n) is 8.87. The molecular formula is C20H24N2O4. The summed E-state index contributed by atoms with van der Waals surface area (Å²) in [6, 6.07) is 9.23. The summed E-state index contributed by atoms with van der Waals surface area (Å²) in [4.78, 5) is 26.3. The summed E-state index contributed by atoms with van der Waals surface area (Å²) in [5, 5.41) is 3.01. The van der Waals surface area contributed by atoms with Crippen LogP contribution in [0.2, 0.25) is 0 Å². The molecule has 1 fully saturated rings. The molecular weight excluding hydrogens is 332 g/mol. The van der Waals surface area contributed by atoms with E-state index in [1.807, 2.05) is 29.2 Å². The number of hydrogen-bond donors (Lipinski definition) is 1. The highest BCUT2D eigenvalue weighted by atomic mass is 16.5. The molecule has 0 saturated carbocycles. The van der Waals surface area contributed by atoms with Crippen molar-refractivity contribution in [2.75, 3.05) is 26.7 Å². The SMILES string of the molecule is COc1cccc(CC(=O)NCC2CCN(C(=O)c3ccoc3)CC2)c1. The van der Waals surface area contributed by atoms with Gasteiger partial charge in [0.05, 0.1) is 25.4 Å². The Balaban J connectivity index is 1.40. The average molecular weight is 356 g/mol. The van der Waals surface area contributed by atoms with Crippen LogP contribution in [0.25, 0.3) is 0 Å². The highest BCUT2D eigenvalue weighted by molar-refractivity contribution is 5.93. The molecule has 1 aromatic carbocycles. The van der Waals surface area contributed by atoms with Gasteiger partial charge in [0.2, 0.25) is 5.91 Å². The van der Waals surface area contributed by atoms with Gasteiger partial charge in [0.25, 0.3) is 5.91 Å². The van der Waals surface area contributed by atoms with Crippen LogP contribution in [0.1, 0.15) is 28.8 Å². The number of rotatable bonds is 6. The van der Waals surface area contributed by atoms with Crippen molar-refractivity contribution in [1.29, 1.82) is 0 Å². The molecule has 3 rings (SSSR count). The number of ether oxygens (including phenoxy) is 1. The van der Waals surface area contributed by atoms with Crippen LogP contribution in [-0.4, -0.2) is 43.5 Å².